The topological polar surface area (TPSA) is 44.8 Å². The predicted octanol–water partition coefficient (Wildman–Crippen LogP) is 4.95. The third-order valence-electron chi connectivity index (χ3n) is 4.09. The number of aryl methyl sites for hydroxylation is 3. The molecule has 0 fully saturated rings. The average molecular weight is 388 g/mol. The molecule has 1 unspecified atom stereocenters. The standard InChI is InChI=1S/C22H29O4P/c1-7-24-17-12-18(25-8-2)21(19(13-17)26-9-3)27-22(23)20-15(5)10-14(4)11-16(20)6/h10-13,27H,7-9H2,1-6H3. The van der Waals surface area contributed by atoms with E-state index in [4.69, 9.17) is 14.2 Å². The number of ether oxygens (including phenoxy) is 3. The van der Waals surface area contributed by atoms with Gasteiger partial charge in [0.15, 0.2) is 5.52 Å². The molecule has 0 saturated carbocycles. The summed E-state index contributed by atoms with van der Waals surface area (Å²) in [6.45, 7) is 13.4. The highest BCUT2D eigenvalue weighted by Gasteiger charge is 2.21. The molecule has 2 aromatic carbocycles. The number of hydrogen-bond acceptors (Lipinski definition) is 4. The second-order valence-electron chi connectivity index (χ2n) is 6.32. The summed E-state index contributed by atoms with van der Waals surface area (Å²) in [5.41, 5.74) is 4.06. The molecule has 1 atom stereocenters. The second kappa shape index (κ2) is 9.75. The SMILES string of the molecule is CCOc1cc(OCC)c(PC(=O)c2c(C)cc(C)cc2C)c(OCC)c1. The summed E-state index contributed by atoms with van der Waals surface area (Å²) in [6.07, 6.45) is 0. The fourth-order valence-electron chi connectivity index (χ4n) is 3.19. The Morgan fingerprint density at radius 2 is 1.30 bits per heavy atom. The van der Waals surface area contributed by atoms with E-state index in [0.717, 1.165) is 27.6 Å². The Morgan fingerprint density at radius 3 is 1.74 bits per heavy atom. The zero-order valence-electron chi connectivity index (χ0n) is 17.1. The van der Waals surface area contributed by atoms with Gasteiger partial charge in [-0.3, -0.25) is 4.79 Å². The van der Waals surface area contributed by atoms with E-state index in [1.807, 2.05) is 53.7 Å². The predicted molar refractivity (Wildman–Crippen MR) is 113 cm³/mol. The molecule has 0 saturated heterocycles. The minimum Gasteiger partial charge on any atom is -0.494 e. The molecule has 4 nitrogen and oxygen atoms in total. The molecule has 0 aliphatic rings. The summed E-state index contributed by atoms with van der Waals surface area (Å²) in [7, 11) is -0.0834. The maximum absolute atomic E-state index is 13.2. The summed E-state index contributed by atoms with van der Waals surface area (Å²) in [6, 6.07) is 7.80. The van der Waals surface area contributed by atoms with Crippen molar-refractivity contribution in [2.75, 3.05) is 19.8 Å². The van der Waals surface area contributed by atoms with Crippen molar-refractivity contribution in [2.45, 2.75) is 41.5 Å². The number of carbonyl (C=O) groups is 1. The molecule has 0 heterocycles. The Labute approximate surface area is 164 Å². The molecule has 0 amide bonds. The number of benzene rings is 2. The van der Waals surface area contributed by atoms with Gasteiger partial charge in [-0.1, -0.05) is 17.7 Å². The lowest BCUT2D eigenvalue weighted by Gasteiger charge is -2.18. The maximum atomic E-state index is 13.2. The van der Waals surface area contributed by atoms with Crippen molar-refractivity contribution in [2.24, 2.45) is 0 Å². The Kier molecular flexibility index (Phi) is 7.67. The first-order chi connectivity index (χ1) is 12.9. The van der Waals surface area contributed by atoms with Gasteiger partial charge < -0.3 is 14.2 Å². The van der Waals surface area contributed by atoms with Crippen molar-refractivity contribution in [3.63, 3.8) is 0 Å². The van der Waals surface area contributed by atoms with E-state index >= 15 is 0 Å². The zero-order chi connectivity index (χ0) is 20.0. The minimum absolute atomic E-state index is 0.0834. The molecule has 5 heteroatoms. The molecule has 0 bridgehead atoms. The van der Waals surface area contributed by atoms with Gasteiger partial charge in [0.1, 0.15) is 17.2 Å². The Bertz CT molecular complexity index is 764. The number of hydrogen-bond donors (Lipinski definition) is 0. The van der Waals surface area contributed by atoms with E-state index < -0.39 is 0 Å². The number of carbonyl (C=O) groups excluding carboxylic acids is 1. The van der Waals surface area contributed by atoms with Crippen molar-refractivity contribution in [3.8, 4) is 17.2 Å². The van der Waals surface area contributed by atoms with E-state index in [1.165, 1.54) is 0 Å². The van der Waals surface area contributed by atoms with Crippen LogP contribution in [-0.2, 0) is 0 Å². The first-order valence-corrected chi connectivity index (χ1v) is 10.4. The molecule has 0 radical (unpaired) electrons. The van der Waals surface area contributed by atoms with Gasteiger partial charge in [0.2, 0.25) is 0 Å². The Morgan fingerprint density at radius 1 is 0.815 bits per heavy atom. The van der Waals surface area contributed by atoms with Crippen LogP contribution in [0.2, 0.25) is 0 Å². The molecular weight excluding hydrogens is 359 g/mol. The normalized spacial score (nSPS) is 11.0. The van der Waals surface area contributed by atoms with Crippen molar-refractivity contribution in [1.82, 2.24) is 0 Å². The van der Waals surface area contributed by atoms with Crippen molar-refractivity contribution in [1.29, 1.82) is 0 Å². The van der Waals surface area contributed by atoms with Crippen molar-refractivity contribution in [3.05, 3.63) is 46.5 Å². The number of rotatable bonds is 9. The zero-order valence-corrected chi connectivity index (χ0v) is 18.1. The van der Waals surface area contributed by atoms with Gasteiger partial charge in [-0.15, -0.1) is 0 Å². The van der Waals surface area contributed by atoms with E-state index in [-0.39, 0.29) is 14.1 Å². The van der Waals surface area contributed by atoms with Gasteiger partial charge >= 0.3 is 0 Å². The van der Waals surface area contributed by atoms with Crippen LogP contribution in [0.3, 0.4) is 0 Å². The summed E-state index contributed by atoms with van der Waals surface area (Å²) in [5, 5.41) is 0.798. The van der Waals surface area contributed by atoms with E-state index in [0.29, 0.717) is 37.1 Å². The lowest BCUT2D eigenvalue weighted by molar-refractivity contribution is 0.108. The molecular formula is C22H29O4P. The monoisotopic (exact) mass is 388 g/mol. The van der Waals surface area contributed by atoms with E-state index in [1.54, 1.807) is 0 Å². The third kappa shape index (κ3) is 5.23. The highest BCUT2D eigenvalue weighted by atomic mass is 31.1. The van der Waals surface area contributed by atoms with Crippen LogP contribution in [0, 0.1) is 20.8 Å². The van der Waals surface area contributed by atoms with Crippen LogP contribution in [0.4, 0.5) is 0 Å². The highest BCUT2D eigenvalue weighted by molar-refractivity contribution is 7.66. The molecule has 0 aromatic heterocycles. The van der Waals surface area contributed by atoms with E-state index in [9.17, 15) is 4.79 Å². The lowest BCUT2D eigenvalue weighted by atomic mass is 10.0. The van der Waals surface area contributed by atoms with Crippen LogP contribution in [0.15, 0.2) is 24.3 Å². The fourth-order valence-corrected chi connectivity index (χ4v) is 4.47. The molecule has 2 rings (SSSR count). The molecule has 0 spiro atoms. The van der Waals surface area contributed by atoms with Crippen LogP contribution >= 0.6 is 8.58 Å². The molecule has 0 aliphatic heterocycles. The Balaban J connectivity index is 2.48. The lowest BCUT2D eigenvalue weighted by Crippen LogP contribution is -2.13. The summed E-state index contributed by atoms with van der Waals surface area (Å²) >= 11 is 0. The summed E-state index contributed by atoms with van der Waals surface area (Å²) < 4.78 is 17.3. The van der Waals surface area contributed by atoms with Crippen LogP contribution in [0.1, 0.15) is 47.8 Å². The second-order valence-corrected chi connectivity index (χ2v) is 7.53. The third-order valence-corrected chi connectivity index (χ3v) is 5.31. The smallest absolute Gasteiger partial charge is 0.186 e. The first kappa shape index (κ1) is 21.2. The molecule has 0 aliphatic carbocycles. The minimum atomic E-state index is -0.0834. The Hall–Kier alpha value is -2.06. The molecule has 0 N–H and O–H groups in total. The summed E-state index contributed by atoms with van der Waals surface area (Å²) in [4.78, 5) is 13.2. The van der Waals surface area contributed by atoms with Crippen molar-refractivity contribution >= 4 is 19.4 Å². The maximum Gasteiger partial charge on any atom is 0.186 e. The quantitative estimate of drug-likeness (QED) is 0.570. The van der Waals surface area contributed by atoms with E-state index in [2.05, 4.69) is 12.1 Å². The van der Waals surface area contributed by atoms with Gasteiger partial charge in [0, 0.05) is 17.7 Å². The molecule has 2 aromatic rings. The van der Waals surface area contributed by atoms with Crippen LogP contribution in [0.25, 0.3) is 0 Å². The average Bonchev–Trinajstić information content (AvgIpc) is 2.57. The van der Waals surface area contributed by atoms with Gasteiger partial charge in [-0.05, 0) is 61.3 Å². The van der Waals surface area contributed by atoms with Gasteiger partial charge in [0.25, 0.3) is 0 Å². The van der Waals surface area contributed by atoms with Gasteiger partial charge in [0.05, 0.1) is 25.1 Å². The largest absolute Gasteiger partial charge is 0.494 e. The van der Waals surface area contributed by atoms with Crippen LogP contribution < -0.4 is 19.5 Å². The first-order valence-electron chi connectivity index (χ1n) is 9.36. The summed E-state index contributed by atoms with van der Waals surface area (Å²) in [5.74, 6) is 2.00. The van der Waals surface area contributed by atoms with Gasteiger partial charge in [-0.2, -0.15) is 0 Å². The van der Waals surface area contributed by atoms with Crippen LogP contribution in [-0.4, -0.2) is 25.3 Å². The molecule has 27 heavy (non-hydrogen) atoms. The fraction of sp³-hybridized carbons (Fsp3) is 0.409. The highest BCUT2D eigenvalue weighted by Crippen LogP contribution is 2.35. The van der Waals surface area contributed by atoms with Crippen LogP contribution in [0.5, 0.6) is 17.2 Å². The van der Waals surface area contributed by atoms with Gasteiger partial charge in [-0.25, -0.2) is 0 Å². The van der Waals surface area contributed by atoms with Crippen molar-refractivity contribution < 1.29 is 19.0 Å². The molecule has 146 valence electrons.